The maximum Gasteiger partial charge on any atom is 0.338 e. The van der Waals surface area contributed by atoms with Crippen molar-refractivity contribution in [1.82, 2.24) is 10.6 Å². The molecular weight excluding hydrogens is 344 g/mol. The van der Waals surface area contributed by atoms with Gasteiger partial charge < -0.3 is 15.4 Å². The van der Waals surface area contributed by atoms with Gasteiger partial charge >= 0.3 is 5.97 Å². The average molecular weight is 366 g/mol. The number of benzene rings is 2. The summed E-state index contributed by atoms with van der Waals surface area (Å²) in [5, 5.41) is 6.73. The van der Waals surface area contributed by atoms with Gasteiger partial charge in [0.2, 0.25) is 0 Å². The Morgan fingerprint density at radius 2 is 1.77 bits per heavy atom. The number of thiocarbonyl (C=S) groups is 1. The molecule has 0 spiro atoms. The van der Waals surface area contributed by atoms with Crippen molar-refractivity contribution in [2.24, 2.45) is 0 Å². The zero-order chi connectivity index (χ0) is 18.5. The smallest absolute Gasteiger partial charge is 0.338 e. The quantitative estimate of drug-likeness (QED) is 0.623. The summed E-state index contributed by atoms with van der Waals surface area (Å²) >= 11 is 5.28. The molecular formula is C21H22N2O2S. The molecule has 0 fully saturated rings. The first-order chi connectivity index (χ1) is 12.6. The zero-order valence-electron chi connectivity index (χ0n) is 14.9. The van der Waals surface area contributed by atoms with Gasteiger partial charge in [-0.3, -0.25) is 0 Å². The van der Waals surface area contributed by atoms with Crippen molar-refractivity contribution in [2.75, 3.05) is 0 Å². The largest absolute Gasteiger partial charge is 0.457 e. The number of hydrogen-bond acceptors (Lipinski definition) is 3. The number of rotatable bonds is 5. The summed E-state index contributed by atoms with van der Waals surface area (Å²) in [5.74, 6) is -0.349. The maximum atomic E-state index is 12.8. The summed E-state index contributed by atoms with van der Waals surface area (Å²) in [6.07, 6.45) is 0.971. The van der Waals surface area contributed by atoms with E-state index in [0.29, 0.717) is 10.7 Å². The molecule has 0 saturated carbocycles. The Bertz CT molecular complexity index is 829. The fraction of sp³-hybridized carbons (Fsp3) is 0.238. The van der Waals surface area contributed by atoms with E-state index in [1.807, 2.05) is 49.4 Å². The molecule has 0 aromatic heterocycles. The molecule has 1 aliphatic heterocycles. The van der Waals surface area contributed by atoms with Crippen molar-refractivity contribution in [2.45, 2.75) is 32.9 Å². The fourth-order valence-electron chi connectivity index (χ4n) is 2.96. The number of ether oxygens (including phenoxy) is 1. The lowest BCUT2D eigenvalue weighted by atomic mass is 9.94. The molecule has 1 atom stereocenters. The molecule has 0 unspecified atom stereocenters. The highest BCUT2D eigenvalue weighted by Crippen LogP contribution is 2.28. The summed E-state index contributed by atoms with van der Waals surface area (Å²) in [6.45, 7) is 4.20. The second-order valence-electron chi connectivity index (χ2n) is 6.23. The number of aryl methyl sites for hydroxylation is 1. The van der Waals surface area contributed by atoms with Crippen LogP contribution in [0, 0.1) is 0 Å². The van der Waals surface area contributed by atoms with Gasteiger partial charge in [-0.05, 0) is 42.3 Å². The van der Waals surface area contributed by atoms with Gasteiger partial charge in [0.15, 0.2) is 5.11 Å². The Labute approximate surface area is 159 Å². The van der Waals surface area contributed by atoms with Crippen LogP contribution >= 0.6 is 12.2 Å². The second-order valence-corrected chi connectivity index (χ2v) is 6.64. The predicted molar refractivity (Wildman–Crippen MR) is 106 cm³/mol. The summed E-state index contributed by atoms with van der Waals surface area (Å²) in [4.78, 5) is 12.8. The van der Waals surface area contributed by atoms with Crippen molar-refractivity contribution in [3.63, 3.8) is 0 Å². The lowest BCUT2D eigenvalue weighted by Gasteiger charge is -2.30. The van der Waals surface area contributed by atoms with Crippen molar-refractivity contribution < 1.29 is 9.53 Å². The summed E-state index contributed by atoms with van der Waals surface area (Å²) < 4.78 is 5.55. The summed E-state index contributed by atoms with van der Waals surface area (Å²) in [6, 6.07) is 17.5. The second kappa shape index (κ2) is 8.15. The Morgan fingerprint density at radius 3 is 2.42 bits per heavy atom. The Balaban J connectivity index is 1.83. The van der Waals surface area contributed by atoms with Crippen LogP contribution in [0.4, 0.5) is 0 Å². The molecule has 1 aliphatic rings. The molecule has 5 heteroatoms. The van der Waals surface area contributed by atoms with Gasteiger partial charge in [0, 0.05) is 5.70 Å². The number of allylic oxidation sites excluding steroid dienone is 1. The SMILES string of the molecule is CCc1ccc([C@@H]2NC(=S)NC(C)=C2C(=O)OCc2ccccc2)cc1. The molecule has 134 valence electrons. The van der Waals surface area contributed by atoms with Gasteiger partial charge in [0.1, 0.15) is 6.61 Å². The zero-order valence-corrected chi connectivity index (χ0v) is 15.7. The number of carbonyl (C=O) groups excluding carboxylic acids is 1. The fourth-order valence-corrected chi connectivity index (χ4v) is 3.23. The molecule has 0 amide bonds. The molecule has 2 aromatic rings. The van der Waals surface area contributed by atoms with Crippen LogP contribution in [0.3, 0.4) is 0 Å². The van der Waals surface area contributed by atoms with Crippen molar-refractivity contribution in [3.8, 4) is 0 Å². The van der Waals surface area contributed by atoms with Crippen LogP contribution in [0.5, 0.6) is 0 Å². The van der Waals surface area contributed by atoms with E-state index in [1.165, 1.54) is 5.56 Å². The summed E-state index contributed by atoms with van der Waals surface area (Å²) in [5.41, 5.74) is 4.46. The molecule has 3 rings (SSSR count). The van der Waals surface area contributed by atoms with E-state index >= 15 is 0 Å². The van der Waals surface area contributed by atoms with E-state index in [0.717, 1.165) is 23.2 Å². The lowest BCUT2D eigenvalue weighted by Crippen LogP contribution is -2.45. The van der Waals surface area contributed by atoms with Crippen LogP contribution in [0.2, 0.25) is 0 Å². The van der Waals surface area contributed by atoms with Crippen molar-refractivity contribution in [1.29, 1.82) is 0 Å². The standard InChI is InChI=1S/C21H22N2O2S/c1-3-15-9-11-17(12-10-15)19-18(14(2)22-21(26)23-19)20(24)25-13-16-7-5-4-6-8-16/h4-12,19H,3,13H2,1-2H3,(H2,22,23,26)/t19-/m0/s1. The first-order valence-corrected chi connectivity index (χ1v) is 9.07. The van der Waals surface area contributed by atoms with Gasteiger partial charge in [0.25, 0.3) is 0 Å². The number of nitrogens with one attached hydrogen (secondary N) is 2. The van der Waals surface area contributed by atoms with Gasteiger partial charge in [-0.1, -0.05) is 61.5 Å². The van der Waals surface area contributed by atoms with Gasteiger partial charge in [-0.25, -0.2) is 4.79 Å². The Hall–Kier alpha value is -2.66. The molecule has 0 radical (unpaired) electrons. The first kappa shape index (κ1) is 18.1. The summed E-state index contributed by atoms with van der Waals surface area (Å²) in [7, 11) is 0. The van der Waals surface area contributed by atoms with Crippen LogP contribution in [0.1, 0.15) is 36.6 Å². The lowest BCUT2D eigenvalue weighted by molar-refractivity contribution is -0.140. The third kappa shape index (κ3) is 4.11. The van der Waals surface area contributed by atoms with Crippen molar-refractivity contribution in [3.05, 3.63) is 82.6 Å². The van der Waals surface area contributed by atoms with Crippen LogP contribution in [-0.2, 0) is 22.6 Å². The Morgan fingerprint density at radius 1 is 1.08 bits per heavy atom. The molecule has 26 heavy (non-hydrogen) atoms. The topological polar surface area (TPSA) is 50.4 Å². The van der Waals surface area contributed by atoms with E-state index in [-0.39, 0.29) is 18.6 Å². The van der Waals surface area contributed by atoms with Gasteiger partial charge in [0.05, 0.1) is 11.6 Å². The van der Waals surface area contributed by atoms with E-state index in [4.69, 9.17) is 17.0 Å². The minimum Gasteiger partial charge on any atom is -0.457 e. The molecule has 0 aliphatic carbocycles. The molecule has 2 aromatic carbocycles. The monoisotopic (exact) mass is 366 g/mol. The highest BCUT2D eigenvalue weighted by molar-refractivity contribution is 7.80. The minimum absolute atomic E-state index is 0.238. The van der Waals surface area contributed by atoms with E-state index in [9.17, 15) is 4.79 Å². The highest BCUT2D eigenvalue weighted by Gasteiger charge is 2.30. The number of esters is 1. The molecule has 4 nitrogen and oxygen atoms in total. The third-order valence-electron chi connectivity index (χ3n) is 4.42. The van der Waals surface area contributed by atoms with Crippen LogP contribution < -0.4 is 10.6 Å². The molecule has 0 bridgehead atoms. The van der Waals surface area contributed by atoms with Gasteiger partial charge in [-0.15, -0.1) is 0 Å². The van der Waals surface area contributed by atoms with Gasteiger partial charge in [-0.2, -0.15) is 0 Å². The molecule has 0 saturated heterocycles. The first-order valence-electron chi connectivity index (χ1n) is 8.66. The average Bonchev–Trinajstić information content (AvgIpc) is 2.66. The predicted octanol–water partition coefficient (Wildman–Crippen LogP) is 3.79. The van der Waals surface area contributed by atoms with Crippen molar-refractivity contribution >= 4 is 23.3 Å². The van der Waals surface area contributed by atoms with E-state index < -0.39 is 0 Å². The number of carbonyl (C=O) groups is 1. The number of hydrogen-bond donors (Lipinski definition) is 2. The minimum atomic E-state index is -0.349. The Kier molecular flexibility index (Phi) is 5.68. The molecule has 2 N–H and O–H groups in total. The maximum absolute atomic E-state index is 12.8. The normalized spacial score (nSPS) is 16.7. The van der Waals surface area contributed by atoms with E-state index in [1.54, 1.807) is 0 Å². The van der Waals surface area contributed by atoms with E-state index in [2.05, 4.69) is 29.7 Å². The van der Waals surface area contributed by atoms with Crippen LogP contribution in [0.15, 0.2) is 65.9 Å². The van der Waals surface area contributed by atoms with Crippen LogP contribution in [-0.4, -0.2) is 11.1 Å². The highest BCUT2D eigenvalue weighted by atomic mass is 32.1. The van der Waals surface area contributed by atoms with Crippen LogP contribution in [0.25, 0.3) is 0 Å². The third-order valence-corrected chi connectivity index (χ3v) is 4.64. The molecule has 1 heterocycles.